The number of carbonyl (C=O) groups excluding carboxylic acids is 2. The van der Waals surface area contributed by atoms with Gasteiger partial charge in [0.25, 0.3) is 11.8 Å². The third kappa shape index (κ3) is 3.80. The fourth-order valence-corrected chi connectivity index (χ4v) is 4.11. The van der Waals surface area contributed by atoms with Crippen LogP contribution in [0.25, 0.3) is 0 Å². The number of fused-ring (bicyclic) bond motifs is 1. The lowest BCUT2D eigenvalue weighted by atomic mass is 10.0. The number of carboxylic acid groups (broad SMARTS) is 1. The number of nitrogens with zero attached hydrogens (tertiary/aromatic N) is 2. The van der Waals surface area contributed by atoms with E-state index >= 15 is 0 Å². The van der Waals surface area contributed by atoms with Crippen molar-refractivity contribution in [1.82, 2.24) is 10.2 Å². The molecule has 1 aromatic carbocycles. The van der Waals surface area contributed by atoms with E-state index in [9.17, 15) is 19.5 Å². The number of thioether (sulfide) groups is 1. The molecule has 0 bridgehead atoms. The normalized spacial score (nSPS) is 21.3. The molecule has 2 atom stereocenters. The molecule has 0 spiro atoms. The maximum atomic E-state index is 12.4. The Morgan fingerprint density at radius 3 is 2.81 bits per heavy atom. The van der Waals surface area contributed by atoms with E-state index in [-0.39, 0.29) is 12.3 Å². The number of β-lactam (4-membered cyclic amide) rings is 1. The Labute approximate surface area is 159 Å². The maximum Gasteiger partial charge on any atom is 0.352 e. The van der Waals surface area contributed by atoms with Crippen LogP contribution in [-0.2, 0) is 14.4 Å². The van der Waals surface area contributed by atoms with Gasteiger partial charge in [-0.1, -0.05) is 18.2 Å². The third-order valence-corrected chi connectivity index (χ3v) is 5.29. The molecule has 0 aliphatic carbocycles. The molecular weight excluding hydrogens is 370 g/mol. The van der Waals surface area contributed by atoms with Crippen molar-refractivity contribution in [2.24, 2.45) is 0 Å². The smallest absolute Gasteiger partial charge is 0.352 e. The molecule has 3 rings (SSSR count). The van der Waals surface area contributed by atoms with Gasteiger partial charge in [-0.3, -0.25) is 14.5 Å². The fourth-order valence-electron chi connectivity index (χ4n) is 2.79. The largest absolute Gasteiger partial charge is 0.484 e. The van der Waals surface area contributed by atoms with Crippen molar-refractivity contribution >= 4 is 29.5 Å². The maximum absolute atomic E-state index is 12.4. The third-order valence-electron chi connectivity index (χ3n) is 3.99. The second kappa shape index (κ2) is 7.97. The predicted octanol–water partition coefficient (Wildman–Crippen LogP) is 0.884. The van der Waals surface area contributed by atoms with Gasteiger partial charge in [0.05, 0.1) is 6.07 Å². The topological polar surface area (TPSA) is 120 Å². The van der Waals surface area contributed by atoms with E-state index in [0.717, 1.165) is 4.90 Å². The number of rotatable bonds is 6. The lowest BCUT2D eigenvalue weighted by Crippen LogP contribution is -2.70. The summed E-state index contributed by atoms with van der Waals surface area (Å²) in [7, 11) is 0. The molecule has 2 N–H and O–H groups in total. The van der Waals surface area contributed by atoms with E-state index in [1.165, 1.54) is 23.9 Å². The molecule has 1 saturated heterocycles. The fraction of sp³-hybridized carbons (Fsp3) is 0.222. The van der Waals surface area contributed by atoms with E-state index < -0.39 is 29.2 Å². The number of nitrogens with one attached hydrogen (secondary N) is 1. The van der Waals surface area contributed by atoms with E-state index in [4.69, 9.17) is 10.00 Å². The number of hydrogen-bond acceptors (Lipinski definition) is 6. The van der Waals surface area contributed by atoms with Gasteiger partial charge in [0.15, 0.2) is 6.61 Å². The van der Waals surface area contributed by atoms with E-state index in [1.54, 1.807) is 30.3 Å². The first-order valence-electron chi connectivity index (χ1n) is 7.97. The van der Waals surface area contributed by atoms with Crippen molar-refractivity contribution in [3.05, 3.63) is 53.8 Å². The Bertz CT molecular complexity index is 875. The summed E-state index contributed by atoms with van der Waals surface area (Å²) in [5.41, 5.74) is 0.233. The average molecular weight is 385 g/mol. The Morgan fingerprint density at radius 1 is 1.41 bits per heavy atom. The number of amides is 2. The number of aliphatic carboxylic acids is 1. The van der Waals surface area contributed by atoms with E-state index in [0.29, 0.717) is 17.1 Å². The molecule has 27 heavy (non-hydrogen) atoms. The van der Waals surface area contributed by atoms with E-state index in [2.05, 4.69) is 5.32 Å². The molecule has 138 valence electrons. The van der Waals surface area contributed by atoms with Crippen LogP contribution in [0.4, 0.5) is 0 Å². The van der Waals surface area contributed by atoms with Crippen molar-refractivity contribution in [2.75, 3.05) is 12.4 Å². The van der Waals surface area contributed by atoms with Crippen LogP contribution in [0, 0.1) is 11.3 Å². The molecule has 8 nitrogen and oxygen atoms in total. The molecule has 2 amide bonds. The van der Waals surface area contributed by atoms with Gasteiger partial charge < -0.3 is 15.2 Å². The summed E-state index contributed by atoms with van der Waals surface area (Å²) in [6.07, 6.45) is 2.56. The van der Waals surface area contributed by atoms with Crippen LogP contribution in [0.2, 0.25) is 0 Å². The summed E-state index contributed by atoms with van der Waals surface area (Å²) in [5, 5.41) is 20.2. The van der Waals surface area contributed by atoms with Crippen molar-refractivity contribution < 1.29 is 24.2 Å². The molecule has 2 aliphatic rings. The van der Waals surface area contributed by atoms with E-state index in [1.807, 2.05) is 6.07 Å². The summed E-state index contributed by atoms with van der Waals surface area (Å²) in [6.45, 7) is -0.247. The van der Waals surface area contributed by atoms with Crippen LogP contribution >= 0.6 is 11.8 Å². The van der Waals surface area contributed by atoms with Gasteiger partial charge >= 0.3 is 5.97 Å². The molecule has 2 heterocycles. The number of carboxylic acids is 1. The highest BCUT2D eigenvalue weighted by molar-refractivity contribution is 8.00. The zero-order valence-electron chi connectivity index (χ0n) is 14.0. The van der Waals surface area contributed by atoms with Gasteiger partial charge in [-0.2, -0.15) is 5.26 Å². The van der Waals surface area contributed by atoms with Crippen LogP contribution in [0.5, 0.6) is 5.75 Å². The number of ether oxygens (including phenoxy) is 1. The quantitative estimate of drug-likeness (QED) is 0.551. The van der Waals surface area contributed by atoms with Crippen molar-refractivity contribution in [3.63, 3.8) is 0 Å². The van der Waals surface area contributed by atoms with Gasteiger partial charge in [0.2, 0.25) is 0 Å². The lowest BCUT2D eigenvalue weighted by molar-refractivity contribution is -0.150. The molecular formula is C18H15N3O5S. The summed E-state index contributed by atoms with van der Waals surface area (Å²) >= 11 is 1.33. The zero-order valence-corrected chi connectivity index (χ0v) is 14.8. The average Bonchev–Trinajstić information content (AvgIpc) is 2.68. The monoisotopic (exact) mass is 385 g/mol. The summed E-state index contributed by atoms with van der Waals surface area (Å²) in [6, 6.07) is 9.78. The van der Waals surface area contributed by atoms with Crippen LogP contribution in [0.15, 0.2) is 53.8 Å². The number of nitriles is 1. The number of allylic oxidation sites excluding steroid dienone is 2. The minimum Gasteiger partial charge on any atom is -0.484 e. The highest BCUT2D eigenvalue weighted by Gasteiger charge is 2.53. The number of hydrogen-bond donors (Lipinski definition) is 2. The van der Waals surface area contributed by atoms with Crippen LogP contribution in [0.3, 0.4) is 0 Å². The highest BCUT2D eigenvalue weighted by atomic mass is 32.2. The first kappa shape index (κ1) is 18.5. The molecule has 2 aliphatic heterocycles. The van der Waals surface area contributed by atoms with Crippen LogP contribution < -0.4 is 10.1 Å². The van der Waals surface area contributed by atoms with Crippen molar-refractivity contribution in [1.29, 1.82) is 5.26 Å². The number of benzene rings is 1. The summed E-state index contributed by atoms with van der Waals surface area (Å²) < 4.78 is 5.34. The Hall–Kier alpha value is -3.25. The number of para-hydroxylation sites is 1. The lowest BCUT2D eigenvalue weighted by Gasteiger charge is -2.49. The molecule has 0 aromatic heterocycles. The minimum absolute atomic E-state index is 0.152. The van der Waals surface area contributed by atoms with Crippen LogP contribution in [0.1, 0.15) is 0 Å². The van der Waals surface area contributed by atoms with Crippen molar-refractivity contribution in [2.45, 2.75) is 11.4 Å². The molecule has 1 unspecified atom stereocenters. The minimum atomic E-state index is -1.25. The standard InChI is InChI=1S/C18H15N3O5S/c19-8-4-5-11-10-27-17-14(16(23)21(17)15(11)18(24)25)20-13(22)9-26-12-6-2-1-3-7-12/h1-7,14,17H,9-10H2,(H,20,22)(H,24,25)/b5-4+/t14?,17-/m1/s1. The van der Waals surface area contributed by atoms with Crippen LogP contribution in [-0.4, -0.2) is 51.6 Å². The second-order valence-electron chi connectivity index (χ2n) is 5.70. The van der Waals surface area contributed by atoms with Gasteiger partial charge in [-0.25, -0.2) is 4.79 Å². The van der Waals surface area contributed by atoms with Gasteiger partial charge in [0.1, 0.15) is 22.9 Å². The second-order valence-corrected chi connectivity index (χ2v) is 6.80. The van der Waals surface area contributed by atoms with Gasteiger partial charge in [0, 0.05) is 11.8 Å². The van der Waals surface area contributed by atoms with Crippen molar-refractivity contribution in [3.8, 4) is 11.8 Å². The molecule has 1 aromatic rings. The molecule has 1 fully saturated rings. The predicted molar refractivity (Wildman–Crippen MR) is 96.4 cm³/mol. The Morgan fingerprint density at radius 2 is 2.15 bits per heavy atom. The molecule has 0 radical (unpaired) electrons. The number of carbonyl (C=O) groups is 3. The summed E-state index contributed by atoms with van der Waals surface area (Å²) in [4.78, 5) is 37.2. The zero-order chi connectivity index (χ0) is 19.4. The Balaban J connectivity index is 1.65. The molecule has 9 heteroatoms. The first-order chi connectivity index (χ1) is 13.0. The van der Waals surface area contributed by atoms with Gasteiger partial charge in [-0.05, 0) is 23.8 Å². The van der Waals surface area contributed by atoms with Gasteiger partial charge in [-0.15, -0.1) is 11.8 Å². The molecule has 0 saturated carbocycles. The summed E-state index contributed by atoms with van der Waals surface area (Å²) in [5.74, 6) is -1.36. The SMILES string of the molecule is N#C/C=C/C1=C(C(=O)O)N2C(=O)C(NC(=O)COc3ccccc3)[C@H]2SC1. The first-order valence-corrected chi connectivity index (χ1v) is 9.02. The Kier molecular flexibility index (Phi) is 5.47. The highest BCUT2D eigenvalue weighted by Crippen LogP contribution is 2.40.